The summed E-state index contributed by atoms with van der Waals surface area (Å²) in [6.45, 7) is 2.11. The Bertz CT molecular complexity index is 710. The molecule has 132 valence electrons. The number of carbonyl (C=O) groups is 3. The first kappa shape index (κ1) is 18.1. The van der Waals surface area contributed by atoms with Crippen LogP contribution in [0, 0.1) is 0 Å². The number of ether oxygens (including phenoxy) is 1. The second-order valence-corrected chi connectivity index (χ2v) is 4.97. The minimum absolute atomic E-state index is 0.0711. The molecule has 0 unspecified atom stereocenters. The molecule has 2 rings (SSSR count). The minimum atomic E-state index is -0.464. The number of hydrogen-bond donors (Lipinski definition) is 3. The number of benzene rings is 1. The van der Waals surface area contributed by atoms with Crippen LogP contribution in [0.3, 0.4) is 0 Å². The Hall–Kier alpha value is -3.29. The van der Waals surface area contributed by atoms with Crippen molar-refractivity contribution >= 4 is 23.4 Å². The molecule has 8 heteroatoms. The van der Waals surface area contributed by atoms with Crippen LogP contribution in [0.2, 0.25) is 0 Å². The molecule has 1 aromatic heterocycles. The van der Waals surface area contributed by atoms with Crippen molar-refractivity contribution in [3.8, 4) is 5.75 Å². The number of likely N-dealkylation sites (N-methyl/N-ethyl adjacent to an activating group) is 1. The third-order valence-corrected chi connectivity index (χ3v) is 3.04. The lowest BCUT2D eigenvalue weighted by molar-refractivity contribution is -0.123. The van der Waals surface area contributed by atoms with Crippen molar-refractivity contribution < 1.29 is 23.5 Å². The molecule has 1 aromatic carbocycles. The first-order valence-corrected chi connectivity index (χ1v) is 7.69. The van der Waals surface area contributed by atoms with Gasteiger partial charge in [0.15, 0.2) is 12.4 Å². The average Bonchev–Trinajstić information content (AvgIpc) is 3.14. The SMILES string of the molecule is CCNC(=O)COc1ccc(NC(=O)CNC(=O)c2ccco2)cc1. The van der Waals surface area contributed by atoms with Crippen LogP contribution in [-0.4, -0.2) is 37.4 Å². The maximum absolute atomic E-state index is 11.8. The molecule has 0 radical (unpaired) electrons. The van der Waals surface area contributed by atoms with Crippen molar-refractivity contribution in [1.29, 1.82) is 0 Å². The number of rotatable bonds is 8. The third-order valence-electron chi connectivity index (χ3n) is 3.04. The molecule has 0 aliphatic heterocycles. The van der Waals surface area contributed by atoms with Gasteiger partial charge >= 0.3 is 0 Å². The first-order valence-electron chi connectivity index (χ1n) is 7.69. The quantitative estimate of drug-likeness (QED) is 0.665. The normalized spacial score (nSPS) is 9.96. The largest absolute Gasteiger partial charge is 0.484 e. The predicted molar refractivity (Wildman–Crippen MR) is 90.3 cm³/mol. The van der Waals surface area contributed by atoms with Gasteiger partial charge in [0, 0.05) is 12.2 Å². The molecule has 0 atom stereocenters. The second-order valence-electron chi connectivity index (χ2n) is 4.97. The summed E-state index contributed by atoms with van der Waals surface area (Å²) in [5.41, 5.74) is 0.544. The highest BCUT2D eigenvalue weighted by atomic mass is 16.5. The highest BCUT2D eigenvalue weighted by Gasteiger charge is 2.10. The van der Waals surface area contributed by atoms with Crippen LogP contribution >= 0.6 is 0 Å². The van der Waals surface area contributed by atoms with Crippen molar-refractivity contribution in [1.82, 2.24) is 10.6 Å². The van der Waals surface area contributed by atoms with E-state index < -0.39 is 5.91 Å². The summed E-state index contributed by atoms with van der Waals surface area (Å²) in [7, 11) is 0. The molecule has 3 N–H and O–H groups in total. The molecular weight excluding hydrogens is 326 g/mol. The van der Waals surface area contributed by atoms with E-state index in [0.717, 1.165) is 0 Å². The van der Waals surface area contributed by atoms with Gasteiger partial charge in [-0.25, -0.2) is 0 Å². The summed E-state index contributed by atoms with van der Waals surface area (Å²) in [5.74, 6) is -0.394. The summed E-state index contributed by atoms with van der Waals surface area (Å²) in [5, 5.41) is 7.71. The van der Waals surface area contributed by atoms with Gasteiger partial charge in [0.05, 0.1) is 12.8 Å². The van der Waals surface area contributed by atoms with Gasteiger partial charge < -0.3 is 25.1 Å². The second kappa shape index (κ2) is 9.11. The summed E-state index contributed by atoms with van der Waals surface area (Å²) < 4.78 is 10.2. The highest BCUT2D eigenvalue weighted by molar-refractivity contribution is 5.98. The third kappa shape index (κ3) is 6.02. The molecule has 3 amide bonds. The van der Waals surface area contributed by atoms with E-state index in [4.69, 9.17) is 9.15 Å². The van der Waals surface area contributed by atoms with Crippen molar-refractivity contribution in [2.75, 3.05) is 25.0 Å². The Kier molecular flexibility index (Phi) is 6.58. The Morgan fingerprint density at radius 3 is 2.44 bits per heavy atom. The van der Waals surface area contributed by atoms with E-state index in [1.807, 2.05) is 6.92 Å². The molecule has 0 saturated carbocycles. The van der Waals surface area contributed by atoms with Crippen LogP contribution in [0.15, 0.2) is 47.1 Å². The van der Waals surface area contributed by atoms with E-state index in [2.05, 4.69) is 16.0 Å². The smallest absolute Gasteiger partial charge is 0.287 e. The fourth-order valence-corrected chi connectivity index (χ4v) is 1.89. The van der Waals surface area contributed by atoms with Crippen LogP contribution in [-0.2, 0) is 9.59 Å². The Labute approximate surface area is 144 Å². The number of nitrogens with one attached hydrogen (secondary N) is 3. The molecule has 0 fully saturated rings. The first-order chi connectivity index (χ1) is 12.1. The zero-order valence-electron chi connectivity index (χ0n) is 13.7. The number of hydrogen-bond acceptors (Lipinski definition) is 5. The van der Waals surface area contributed by atoms with Crippen molar-refractivity contribution in [3.63, 3.8) is 0 Å². The van der Waals surface area contributed by atoms with E-state index in [0.29, 0.717) is 18.0 Å². The average molecular weight is 345 g/mol. The summed E-state index contributed by atoms with van der Waals surface area (Å²) >= 11 is 0. The monoisotopic (exact) mass is 345 g/mol. The summed E-state index contributed by atoms with van der Waals surface area (Å²) in [6.07, 6.45) is 1.38. The van der Waals surface area contributed by atoms with E-state index in [9.17, 15) is 14.4 Å². The van der Waals surface area contributed by atoms with Gasteiger partial charge in [-0.2, -0.15) is 0 Å². The molecule has 2 aromatic rings. The lowest BCUT2D eigenvalue weighted by atomic mass is 10.3. The lowest BCUT2D eigenvalue weighted by Crippen LogP contribution is -2.32. The molecule has 0 aliphatic carbocycles. The number of carbonyl (C=O) groups excluding carboxylic acids is 3. The van der Waals surface area contributed by atoms with Gasteiger partial charge in [-0.15, -0.1) is 0 Å². The highest BCUT2D eigenvalue weighted by Crippen LogP contribution is 2.15. The van der Waals surface area contributed by atoms with Crippen LogP contribution in [0.25, 0.3) is 0 Å². The zero-order chi connectivity index (χ0) is 18.1. The summed E-state index contributed by atoms with van der Waals surface area (Å²) in [4.78, 5) is 34.8. The van der Waals surface area contributed by atoms with Gasteiger partial charge in [0.25, 0.3) is 11.8 Å². The molecule has 1 heterocycles. The number of furan rings is 1. The maximum atomic E-state index is 11.8. The van der Waals surface area contributed by atoms with Gasteiger partial charge in [-0.1, -0.05) is 0 Å². The predicted octanol–water partition coefficient (Wildman–Crippen LogP) is 1.16. The number of anilines is 1. The van der Waals surface area contributed by atoms with Gasteiger partial charge in [-0.3, -0.25) is 14.4 Å². The molecule has 0 bridgehead atoms. The Morgan fingerprint density at radius 2 is 1.80 bits per heavy atom. The molecule has 25 heavy (non-hydrogen) atoms. The topological polar surface area (TPSA) is 110 Å². The molecule has 0 aliphatic rings. The molecule has 0 saturated heterocycles. The van der Waals surface area contributed by atoms with Gasteiger partial charge in [0.2, 0.25) is 5.91 Å². The van der Waals surface area contributed by atoms with Crippen molar-refractivity contribution in [3.05, 3.63) is 48.4 Å². The van der Waals surface area contributed by atoms with E-state index in [-0.39, 0.29) is 30.7 Å². The van der Waals surface area contributed by atoms with Gasteiger partial charge in [0.1, 0.15) is 5.75 Å². The van der Waals surface area contributed by atoms with E-state index in [1.54, 1.807) is 30.3 Å². The molecule has 8 nitrogen and oxygen atoms in total. The van der Waals surface area contributed by atoms with Crippen LogP contribution in [0.1, 0.15) is 17.5 Å². The van der Waals surface area contributed by atoms with Crippen LogP contribution < -0.4 is 20.7 Å². The summed E-state index contributed by atoms with van der Waals surface area (Å²) in [6, 6.07) is 9.64. The van der Waals surface area contributed by atoms with E-state index in [1.165, 1.54) is 12.3 Å². The number of amides is 3. The van der Waals surface area contributed by atoms with Gasteiger partial charge in [-0.05, 0) is 43.3 Å². The molecule has 0 spiro atoms. The fraction of sp³-hybridized carbons (Fsp3) is 0.235. The Morgan fingerprint density at radius 1 is 1.04 bits per heavy atom. The van der Waals surface area contributed by atoms with Crippen molar-refractivity contribution in [2.24, 2.45) is 0 Å². The van der Waals surface area contributed by atoms with Crippen molar-refractivity contribution in [2.45, 2.75) is 6.92 Å². The maximum Gasteiger partial charge on any atom is 0.287 e. The molecular formula is C17H19N3O5. The minimum Gasteiger partial charge on any atom is -0.484 e. The fourth-order valence-electron chi connectivity index (χ4n) is 1.89. The Balaban J connectivity index is 1.75. The van der Waals surface area contributed by atoms with E-state index >= 15 is 0 Å². The van der Waals surface area contributed by atoms with Crippen LogP contribution in [0.4, 0.5) is 5.69 Å². The van der Waals surface area contributed by atoms with Crippen LogP contribution in [0.5, 0.6) is 5.75 Å². The zero-order valence-corrected chi connectivity index (χ0v) is 13.7. The lowest BCUT2D eigenvalue weighted by Gasteiger charge is -2.08. The standard InChI is InChI=1S/C17H19N3O5/c1-2-18-16(22)11-25-13-7-5-12(6-8-13)20-15(21)10-19-17(23)14-4-3-9-24-14/h3-9H,2,10-11H2,1H3,(H,18,22)(H,19,23)(H,20,21).